The van der Waals surface area contributed by atoms with Gasteiger partial charge < -0.3 is 14.4 Å². The van der Waals surface area contributed by atoms with Crippen molar-refractivity contribution in [2.75, 3.05) is 20.2 Å². The third-order valence-corrected chi connectivity index (χ3v) is 4.56. The number of likely N-dealkylation sites (N-methyl/N-ethyl adjacent to an activating group) is 1. The lowest BCUT2D eigenvalue weighted by molar-refractivity contribution is -0.132. The van der Waals surface area contributed by atoms with Crippen LogP contribution in [-0.4, -0.2) is 46.7 Å². The normalized spacial score (nSPS) is 15.4. The van der Waals surface area contributed by atoms with E-state index in [-0.39, 0.29) is 29.5 Å². The summed E-state index contributed by atoms with van der Waals surface area (Å²) in [5.41, 5.74) is -0.133. The highest BCUT2D eigenvalue weighted by atomic mass is 19.1. The van der Waals surface area contributed by atoms with Gasteiger partial charge in [0.05, 0.1) is 23.8 Å². The van der Waals surface area contributed by atoms with Gasteiger partial charge in [0, 0.05) is 13.1 Å². The molecule has 2 aromatic carbocycles. The summed E-state index contributed by atoms with van der Waals surface area (Å²) in [6.45, 7) is 0.478. The topological polar surface area (TPSA) is 73.7 Å². The summed E-state index contributed by atoms with van der Waals surface area (Å²) in [7, 11) is 1.64. The second-order valence-electron chi connectivity index (χ2n) is 6.61. The van der Waals surface area contributed by atoms with Crippen molar-refractivity contribution in [3.8, 4) is 11.5 Å². The van der Waals surface area contributed by atoms with E-state index in [1.54, 1.807) is 7.05 Å². The lowest BCUT2D eigenvalue weighted by Crippen LogP contribution is -2.43. The second-order valence-corrected chi connectivity index (χ2v) is 6.61. The van der Waals surface area contributed by atoms with E-state index in [0.29, 0.717) is 24.7 Å². The molecule has 1 aromatic heterocycles. The molecular formula is C20H18FN3O4. The van der Waals surface area contributed by atoms with Crippen LogP contribution in [0.2, 0.25) is 0 Å². The van der Waals surface area contributed by atoms with E-state index in [9.17, 15) is 14.0 Å². The molecule has 0 radical (unpaired) electrons. The largest absolute Gasteiger partial charge is 0.486 e. The van der Waals surface area contributed by atoms with E-state index in [2.05, 4.69) is 4.98 Å². The van der Waals surface area contributed by atoms with Gasteiger partial charge in [0.15, 0.2) is 17.6 Å². The molecule has 1 aliphatic heterocycles. The van der Waals surface area contributed by atoms with E-state index < -0.39 is 11.4 Å². The fourth-order valence-electron chi connectivity index (χ4n) is 3.07. The maximum atomic E-state index is 13.3. The Labute approximate surface area is 159 Å². The monoisotopic (exact) mass is 383 g/mol. The molecular weight excluding hydrogens is 365 g/mol. The highest BCUT2D eigenvalue weighted by Crippen LogP contribution is 2.30. The predicted molar refractivity (Wildman–Crippen MR) is 100.0 cm³/mol. The van der Waals surface area contributed by atoms with Crippen molar-refractivity contribution < 1.29 is 18.7 Å². The first kappa shape index (κ1) is 18.0. The number of hydrogen-bond acceptors (Lipinski definition) is 5. The fraction of sp³-hybridized carbons (Fsp3) is 0.250. The maximum Gasteiger partial charge on any atom is 0.261 e. The summed E-state index contributed by atoms with van der Waals surface area (Å²) in [6.07, 6.45) is 0.949. The standard InChI is InChI=1S/C20H18FN3O4/c1-23(9-14-11-27-17-4-2-3-5-18(17)28-14)19(25)10-24-12-22-16-8-13(21)6-7-15(16)20(24)26/h2-8,12,14H,9-11H2,1H3. The minimum atomic E-state index is -0.468. The van der Waals surface area contributed by atoms with E-state index in [4.69, 9.17) is 9.47 Å². The summed E-state index contributed by atoms with van der Waals surface area (Å²) in [6, 6.07) is 11.1. The van der Waals surface area contributed by atoms with Crippen molar-refractivity contribution in [3.05, 3.63) is 65.0 Å². The highest BCUT2D eigenvalue weighted by Gasteiger charge is 2.24. The van der Waals surface area contributed by atoms with E-state index in [1.165, 1.54) is 34.0 Å². The van der Waals surface area contributed by atoms with Crippen molar-refractivity contribution in [1.29, 1.82) is 0 Å². The SMILES string of the molecule is CN(CC1COc2ccccc2O1)C(=O)Cn1cnc2cc(F)ccc2c1=O. The number of fused-ring (bicyclic) bond motifs is 2. The lowest BCUT2D eigenvalue weighted by atomic mass is 10.2. The molecule has 4 rings (SSSR count). The Morgan fingerprint density at radius 3 is 2.89 bits per heavy atom. The molecule has 1 aliphatic rings. The molecule has 1 amide bonds. The molecule has 7 nitrogen and oxygen atoms in total. The van der Waals surface area contributed by atoms with E-state index >= 15 is 0 Å². The quantitative estimate of drug-likeness (QED) is 0.687. The van der Waals surface area contributed by atoms with Gasteiger partial charge in [-0.25, -0.2) is 9.37 Å². The highest BCUT2D eigenvalue weighted by molar-refractivity contribution is 5.79. The van der Waals surface area contributed by atoms with Crippen LogP contribution in [0.15, 0.2) is 53.6 Å². The zero-order chi connectivity index (χ0) is 19.7. The Morgan fingerprint density at radius 2 is 2.07 bits per heavy atom. The fourth-order valence-corrected chi connectivity index (χ4v) is 3.07. The first-order valence-corrected chi connectivity index (χ1v) is 8.78. The van der Waals surface area contributed by atoms with Crippen LogP contribution in [0, 0.1) is 5.82 Å². The minimum Gasteiger partial charge on any atom is -0.486 e. The first-order chi connectivity index (χ1) is 13.5. The number of nitrogens with zero attached hydrogens (tertiary/aromatic N) is 3. The summed E-state index contributed by atoms with van der Waals surface area (Å²) in [4.78, 5) is 30.6. The average Bonchev–Trinajstić information content (AvgIpc) is 2.70. The van der Waals surface area contributed by atoms with Crippen molar-refractivity contribution in [1.82, 2.24) is 14.5 Å². The van der Waals surface area contributed by atoms with Gasteiger partial charge in [0.2, 0.25) is 5.91 Å². The Kier molecular flexibility index (Phi) is 4.68. The predicted octanol–water partition coefficient (Wildman–Crippen LogP) is 1.83. The molecule has 0 N–H and O–H groups in total. The van der Waals surface area contributed by atoms with Gasteiger partial charge in [-0.1, -0.05) is 12.1 Å². The summed E-state index contributed by atoms with van der Waals surface area (Å²) in [5, 5.41) is 0.264. The van der Waals surface area contributed by atoms with E-state index in [0.717, 1.165) is 0 Å². The summed E-state index contributed by atoms with van der Waals surface area (Å²) < 4.78 is 26.0. The molecule has 144 valence electrons. The third kappa shape index (κ3) is 3.53. The number of carbonyl (C=O) groups is 1. The van der Waals surface area contributed by atoms with Crippen LogP contribution >= 0.6 is 0 Å². The number of carbonyl (C=O) groups excluding carboxylic acids is 1. The van der Waals surface area contributed by atoms with Crippen LogP contribution in [0.25, 0.3) is 10.9 Å². The van der Waals surface area contributed by atoms with Crippen LogP contribution in [0.3, 0.4) is 0 Å². The second kappa shape index (κ2) is 7.30. The van der Waals surface area contributed by atoms with Gasteiger partial charge in [-0.05, 0) is 24.3 Å². The van der Waals surface area contributed by atoms with Crippen molar-refractivity contribution >= 4 is 16.8 Å². The molecule has 8 heteroatoms. The number of halogens is 1. The van der Waals surface area contributed by atoms with Gasteiger partial charge >= 0.3 is 0 Å². The number of amides is 1. The average molecular weight is 383 g/mol. The number of benzene rings is 2. The van der Waals surface area contributed by atoms with Crippen molar-refractivity contribution in [2.45, 2.75) is 12.6 Å². The molecule has 0 bridgehead atoms. The number of para-hydroxylation sites is 2. The third-order valence-electron chi connectivity index (χ3n) is 4.56. The minimum absolute atomic E-state index is 0.167. The summed E-state index contributed by atoms with van der Waals surface area (Å²) >= 11 is 0. The number of rotatable bonds is 4. The smallest absolute Gasteiger partial charge is 0.261 e. The van der Waals surface area contributed by atoms with Crippen molar-refractivity contribution in [2.24, 2.45) is 0 Å². The zero-order valence-electron chi connectivity index (χ0n) is 15.2. The molecule has 0 saturated carbocycles. The van der Waals surface area contributed by atoms with Crippen LogP contribution in [0.5, 0.6) is 11.5 Å². The Balaban J connectivity index is 1.44. The van der Waals surface area contributed by atoms with Crippen LogP contribution < -0.4 is 15.0 Å². The lowest BCUT2D eigenvalue weighted by Gasteiger charge is -2.29. The molecule has 0 saturated heterocycles. The van der Waals surface area contributed by atoms with Gasteiger partial charge in [-0.2, -0.15) is 0 Å². The van der Waals surface area contributed by atoms with Gasteiger partial charge in [-0.3, -0.25) is 14.2 Å². The van der Waals surface area contributed by atoms with Crippen LogP contribution in [0.4, 0.5) is 4.39 Å². The molecule has 0 aliphatic carbocycles. The van der Waals surface area contributed by atoms with E-state index in [1.807, 2.05) is 24.3 Å². The molecule has 0 spiro atoms. The Hall–Kier alpha value is -3.42. The van der Waals surface area contributed by atoms with Crippen molar-refractivity contribution in [3.63, 3.8) is 0 Å². The van der Waals surface area contributed by atoms with Crippen LogP contribution in [-0.2, 0) is 11.3 Å². The number of ether oxygens (including phenoxy) is 2. The van der Waals surface area contributed by atoms with Gasteiger partial charge in [0.1, 0.15) is 19.0 Å². The molecule has 2 heterocycles. The Bertz CT molecular complexity index is 1100. The Morgan fingerprint density at radius 1 is 1.29 bits per heavy atom. The molecule has 28 heavy (non-hydrogen) atoms. The zero-order valence-corrected chi connectivity index (χ0v) is 15.2. The van der Waals surface area contributed by atoms with Gasteiger partial charge in [0.25, 0.3) is 5.56 Å². The molecule has 1 unspecified atom stereocenters. The first-order valence-electron chi connectivity index (χ1n) is 8.78. The molecule has 1 atom stereocenters. The maximum absolute atomic E-state index is 13.3. The molecule has 3 aromatic rings. The number of hydrogen-bond donors (Lipinski definition) is 0. The van der Waals surface area contributed by atoms with Gasteiger partial charge in [-0.15, -0.1) is 0 Å². The van der Waals surface area contributed by atoms with Crippen LogP contribution in [0.1, 0.15) is 0 Å². The summed E-state index contributed by atoms with van der Waals surface area (Å²) in [5.74, 6) is 0.580. The molecule has 0 fully saturated rings. The number of aromatic nitrogens is 2.